The van der Waals surface area contributed by atoms with E-state index in [0.717, 1.165) is 51.1 Å². The number of aliphatic imine (C=N–C) groups is 1. The fraction of sp³-hybridized carbons (Fsp3) is 0.458. The Hall–Kier alpha value is -2.57. The summed E-state index contributed by atoms with van der Waals surface area (Å²) in [6.45, 7) is 11.5. The van der Waals surface area contributed by atoms with Crippen molar-refractivity contribution in [2.24, 2.45) is 4.99 Å². The van der Waals surface area contributed by atoms with E-state index < -0.39 is 0 Å². The summed E-state index contributed by atoms with van der Waals surface area (Å²) in [6, 6.07) is 16.7. The Morgan fingerprint density at radius 1 is 1.03 bits per heavy atom. The molecule has 0 radical (unpaired) electrons. The van der Waals surface area contributed by atoms with Gasteiger partial charge in [-0.2, -0.15) is 0 Å². The first-order valence-electron chi connectivity index (χ1n) is 10.8. The van der Waals surface area contributed by atoms with Gasteiger partial charge in [0.2, 0.25) is 0 Å². The quantitative estimate of drug-likeness (QED) is 0.378. The van der Waals surface area contributed by atoms with E-state index in [9.17, 15) is 0 Å². The molecule has 0 amide bonds. The molecular weight excluding hydrogens is 376 g/mol. The number of guanidine groups is 1. The first-order chi connectivity index (χ1) is 14.7. The van der Waals surface area contributed by atoms with Gasteiger partial charge in [-0.05, 0) is 37.1 Å². The number of hydrogen-bond acceptors (Lipinski definition) is 4. The van der Waals surface area contributed by atoms with Crippen LogP contribution < -0.4 is 15.4 Å². The highest BCUT2D eigenvalue weighted by Crippen LogP contribution is 2.14. The van der Waals surface area contributed by atoms with Gasteiger partial charge in [0.25, 0.3) is 0 Å². The zero-order valence-corrected chi connectivity index (χ0v) is 18.2. The van der Waals surface area contributed by atoms with Crippen LogP contribution in [-0.4, -0.2) is 56.9 Å². The first kappa shape index (κ1) is 22.1. The van der Waals surface area contributed by atoms with Crippen LogP contribution in [0, 0.1) is 6.92 Å². The second-order valence-corrected chi connectivity index (χ2v) is 7.44. The Bertz CT molecular complexity index is 786. The van der Waals surface area contributed by atoms with Gasteiger partial charge in [-0.25, -0.2) is 4.99 Å². The smallest absolute Gasteiger partial charge is 0.191 e. The van der Waals surface area contributed by atoms with E-state index in [1.807, 2.05) is 12.1 Å². The van der Waals surface area contributed by atoms with Gasteiger partial charge < -0.3 is 20.1 Å². The molecule has 1 heterocycles. The third-order valence-electron chi connectivity index (χ3n) is 5.05. The molecule has 2 aromatic carbocycles. The molecule has 0 unspecified atom stereocenters. The van der Waals surface area contributed by atoms with Gasteiger partial charge >= 0.3 is 0 Å². The molecule has 0 saturated carbocycles. The Labute approximate surface area is 180 Å². The maximum Gasteiger partial charge on any atom is 0.191 e. The zero-order valence-electron chi connectivity index (χ0n) is 18.2. The van der Waals surface area contributed by atoms with Crippen LogP contribution in [-0.2, 0) is 17.8 Å². The summed E-state index contributed by atoms with van der Waals surface area (Å²) < 4.78 is 11.3. The predicted molar refractivity (Wildman–Crippen MR) is 122 cm³/mol. The van der Waals surface area contributed by atoms with Crippen LogP contribution in [0.15, 0.2) is 53.5 Å². The Morgan fingerprint density at radius 2 is 1.77 bits per heavy atom. The molecule has 6 nitrogen and oxygen atoms in total. The second kappa shape index (κ2) is 12.2. The lowest BCUT2D eigenvalue weighted by Gasteiger charge is -2.27. The van der Waals surface area contributed by atoms with Crippen molar-refractivity contribution in [3.05, 3.63) is 65.2 Å². The maximum atomic E-state index is 5.79. The lowest BCUT2D eigenvalue weighted by Crippen LogP contribution is -2.39. The minimum atomic E-state index is 0.584. The molecule has 0 aromatic heterocycles. The Morgan fingerprint density at radius 3 is 2.50 bits per heavy atom. The molecule has 1 fully saturated rings. The highest BCUT2D eigenvalue weighted by molar-refractivity contribution is 5.79. The Balaban J connectivity index is 1.51. The second-order valence-electron chi connectivity index (χ2n) is 7.44. The van der Waals surface area contributed by atoms with Crippen LogP contribution in [0.4, 0.5) is 0 Å². The van der Waals surface area contributed by atoms with Crippen LogP contribution >= 0.6 is 0 Å². The van der Waals surface area contributed by atoms with Crippen LogP contribution in [0.2, 0.25) is 0 Å². The number of nitrogens with one attached hydrogen (secondary N) is 2. The molecule has 0 atom stereocenters. The number of ether oxygens (including phenoxy) is 2. The average Bonchev–Trinajstić information content (AvgIpc) is 2.78. The summed E-state index contributed by atoms with van der Waals surface area (Å²) in [6.07, 6.45) is 0. The molecule has 1 saturated heterocycles. The summed E-state index contributed by atoms with van der Waals surface area (Å²) in [4.78, 5) is 7.23. The van der Waals surface area contributed by atoms with E-state index in [1.165, 1.54) is 16.7 Å². The van der Waals surface area contributed by atoms with Crippen molar-refractivity contribution in [1.29, 1.82) is 0 Å². The molecule has 6 heteroatoms. The van der Waals surface area contributed by atoms with Crippen LogP contribution in [0.5, 0.6) is 5.75 Å². The molecule has 1 aliphatic heterocycles. The van der Waals surface area contributed by atoms with Gasteiger partial charge in [-0.15, -0.1) is 0 Å². The third kappa shape index (κ3) is 7.35. The fourth-order valence-electron chi connectivity index (χ4n) is 3.34. The number of aryl methyl sites for hydroxylation is 1. The van der Waals surface area contributed by atoms with E-state index in [0.29, 0.717) is 19.7 Å². The fourth-order valence-corrected chi connectivity index (χ4v) is 3.34. The van der Waals surface area contributed by atoms with Crippen molar-refractivity contribution in [2.45, 2.75) is 26.9 Å². The number of morpholine rings is 1. The standard InChI is InChI=1S/C24H34N4O2/c1-3-25-24(26-12-15-30-23-10-8-20(2)9-11-23)27-18-21-6-4-5-7-22(21)19-28-13-16-29-17-14-28/h4-11H,3,12-19H2,1-2H3,(H2,25,26,27). The highest BCUT2D eigenvalue weighted by Gasteiger charge is 2.12. The molecule has 2 N–H and O–H groups in total. The zero-order chi connectivity index (χ0) is 21.0. The minimum absolute atomic E-state index is 0.584. The van der Waals surface area contributed by atoms with Crippen molar-refractivity contribution in [3.63, 3.8) is 0 Å². The highest BCUT2D eigenvalue weighted by atomic mass is 16.5. The summed E-state index contributed by atoms with van der Waals surface area (Å²) >= 11 is 0. The molecule has 0 bridgehead atoms. The molecule has 1 aliphatic rings. The molecule has 162 valence electrons. The SMILES string of the molecule is CCNC(=NCc1ccccc1CN1CCOCC1)NCCOc1ccc(C)cc1. The Kier molecular flexibility index (Phi) is 9.00. The molecule has 3 rings (SSSR count). The minimum Gasteiger partial charge on any atom is -0.492 e. The monoisotopic (exact) mass is 410 g/mol. The molecule has 2 aromatic rings. The molecule has 0 spiro atoms. The van der Waals surface area contributed by atoms with Crippen LogP contribution in [0.25, 0.3) is 0 Å². The molecule has 0 aliphatic carbocycles. The summed E-state index contributed by atoms with van der Waals surface area (Å²) in [5, 5.41) is 6.68. The van der Waals surface area contributed by atoms with E-state index in [1.54, 1.807) is 0 Å². The van der Waals surface area contributed by atoms with Crippen molar-refractivity contribution in [2.75, 3.05) is 46.0 Å². The number of nitrogens with zero attached hydrogens (tertiary/aromatic N) is 2. The summed E-state index contributed by atoms with van der Waals surface area (Å²) in [5.41, 5.74) is 3.83. The van der Waals surface area contributed by atoms with E-state index in [-0.39, 0.29) is 0 Å². The van der Waals surface area contributed by atoms with Crippen LogP contribution in [0.3, 0.4) is 0 Å². The van der Waals surface area contributed by atoms with E-state index in [2.05, 4.69) is 65.8 Å². The average molecular weight is 411 g/mol. The number of hydrogen-bond donors (Lipinski definition) is 2. The van der Waals surface area contributed by atoms with E-state index in [4.69, 9.17) is 14.5 Å². The van der Waals surface area contributed by atoms with Gasteiger partial charge in [0, 0.05) is 26.2 Å². The van der Waals surface area contributed by atoms with Crippen molar-refractivity contribution in [3.8, 4) is 5.75 Å². The molecular formula is C24H34N4O2. The largest absolute Gasteiger partial charge is 0.492 e. The van der Waals surface area contributed by atoms with Gasteiger partial charge in [-0.3, -0.25) is 4.90 Å². The number of rotatable bonds is 9. The van der Waals surface area contributed by atoms with Gasteiger partial charge in [0.15, 0.2) is 5.96 Å². The normalized spacial score (nSPS) is 15.1. The van der Waals surface area contributed by atoms with Crippen molar-refractivity contribution in [1.82, 2.24) is 15.5 Å². The lowest BCUT2D eigenvalue weighted by molar-refractivity contribution is 0.0341. The van der Waals surface area contributed by atoms with Crippen molar-refractivity contribution >= 4 is 5.96 Å². The van der Waals surface area contributed by atoms with Crippen LogP contribution in [0.1, 0.15) is 23.6 Å². The summed E-state index contributed by atoms with van der Waals surface area (Å²) in [5.74, 6) is 1.70. The molecule has 30 heavy (non-hydrogen) atoms. The number of benzene rings is 2. The van der Waals surface area contributed by atoms with Crippen molar-refractivity contribution < 1.29 is 9.47 Å². The van der Waals surface area contributed by atoms with Gasteiger partial charge in [0.05, 0.1) is 26.3 Å². The predicted octanol–water partition coefficient (Wildman–Crippen LogP) is 2.96. The topological polar surface area (TPSA) is 58.1 Å². The maximum absolute atomic E-state index is 5.79. The summed E-state index contributed by atoms with van der Waals surface area (Å²) in [7, 11) is 0. The van der Waals surface area contributed by atoms with Gasteiger partial charge in [-0.1, -0.05) is 42.0 Å². The third-order valence-corrected chi connectivity index (χ3v) is 5.05. The van der Waals surface area contributed by atoms with Gasteiger partial charge in [0.1, 0.15) is 12.4 Å². The van der Waals surface area contributed by atoms with E-state index >= 15 is 0 Å². The lowest BCUT2D eigenvalue weighted by atomic mass is 10.1. The first-order valence-corrected chi connectivity index (χ1v) is 10.8.